The largest absolute Gasteiger partial charge is 0.406 e. The van der Waals surface area contributed by atoms with Crippen LogP contribution in [0.5, 0.6) is 0 Å². The quantitative estimate of drug-likeness (QED) is 0.767. The summed E-state index contributed by atoms with van der Waals surface area (Å²) in [4.78, 5) is 10.8. The molecule has 3 N–H and O–H groups in total. The van der Waals surface area contributed by atoms with E-state index in [1.807, 2.05) is 13.8 Å². The molecule has 7 heteroatoms. The summed E-state index contributed by atoms with van der Waals surface area (Å²) in [7, 11) is 0. The lowest BCUT2D eigenvalue weighted by Gasteiger charge is -2.22. The van der Waals surface area contributed by atoms with Gasteiger partial charge in [-0.3, -0.25) is 4.79 Å². The summed E-state index contributed by atoms with van der Waals surface area (Å²) < 4.78 is 5.25. The van der Waals surface area contributed by atoms with Gasteiger partial charge in [-0.05, 0) is 20.8 Å². The molecule has 0 aliphatic heterocycles. The van der Waals surface area contributed by atoms with Crippen molar-refractivity contribution >= 4 is 23.5 Å². The predicted octanol–water partition coefficient (Wildman–Crippen LogP) is 1.44. The molecular formula is C9H15ClN4O2. The molecule has 6 nitrogen and oxygen atoms in total. The molecule has 0 fully saturated rings. The summed E-state index contributed by atoms with van der Waals surface area (Å²) in [5.74, 6) is -0.0676. The number of nitrogens with two attached hydrogens (primary N) is 1. The van der Waals surface area contributed by atoms with Crippen molar-refractivity contribution in [3.63, 3.8) is 0 Å². The number of aromatic nitrogens is 2. The maximum atomic E-state index is 10.8. The molecule has 1 aromatic rings. The number of anilines is 1. The predicted molar refractivity (Wildman–Crippen MR) is 60.1 cm³/mol. The third-order valence-corrected chi connectivity index (χ3v) is 2.03. The standard InChI is InChI=1S/C9H15ClN4O2/c1-5(10)7-13-14-8(16-7)12-9(2,3)4-6(11)15/h5H,4H2,1-3H3,(H2,11,15)(H,12,14). The van der Waals surface area contributed by atoms with Crippen molar-refractivity contribution in [3.8, 4) is 0 Å². The van der Waals surface area contributed by atoms with Crippen LogP contribution in [0.1, 0.15) is 38.5 Å². The lowest BCUT2D eigenvalue weighted by Crippen LogP contribution is -2.36. The number of nitrogens with zero attached hydrogens (tertiary/aromatic N) is 2. The highest BCUT2D eigenvalue weighted by Crippen LogP contribution is 2.22. The number of hydrogen-bond acceptors (Lipinski definition) is 5. The molecule has 0 aliphatic rings. The second kappa shape index (κ2) is 4.69. The van der Waals surface area contributed by atoms with Gasteiger partial charge >= 0.3 is 6.01 Å². The number of alkyl halides is 1. The van der Waals surface area contributed by atoms with Gasteiger partial charge in [-0.2, -0.15) is 0 Å². The Hall–Kier alpha value is -1.30. The van der Waals surface area contributed by atoms with Crippen LogP contribution in [0.3, 0.4) is 0 Å². The maximum absolute atomic E-state index is 10.8. The summed E-state index contributed by atoms with van der Waals surface area (Å²) >= 11 is 5.77. The van der Waals surface area contributed by atoms with Crippen LogP contribution in [0.25, 0.3) is 0 Å². The molecule has 0 aliphatic carbocycles. The van der Waals surface area contributed by atoms with Gasteiger partial charge in [-0.1, -0.05) is 5.10 Å². The van der Waals surface area contributed by atoms with Crippen LogP contribution >= 0.6 is 11.6 Å². The normalized spacial score (nSPS) is 13.5. The number of carbonyl (C=O) groups excluding carboxylic acids is 1. The average molecular weight is 247 g/mol. The molecule has 0 saturated heterocycles. The highest BCUT2D eigenvalue weighted by atomic mass is 35.5. The fourth-order valence-electron chi connectivity index (χ4n) is 1.22. The highest BCUT2D eigenvalue weighted by molar-refractivity contribution is 6.20. The zero-order valence-corrected chi connectivity index (χ0v) is 10.2. The van der Waals surface area contributed by atoms with Crippen LogP contribution in [0, 0.1) is 0 Å². The first-order valence-electron chi connectivity index (χ1n) is 4.84. The first-order valence-corrected chi connectivity index (χ1v) is 5.28. The first kappa shape index (κ1) is 12.8. The Kier molecular flexibility index (Phi) is 3.74. The van der Waals surface area contributed by atoms with Gasteiger partial charge in [0.25, 0.3) is 0 Å². The van der Waals surface area contributed by atoms with Crippen LogP contribution in [0.2, 0.25) is 0 Å². The van der Waals surface area contributed by atoms with Crippen molar-refractivity contribution in [2.45, 2.75) is 38.1 Å². The van der Waals surface area contributed by atoms with E-state index in [0.717, 1.165) is 0 Å². The van der Waals surface area contributed by atoms with Crippen molar-refractivity contribution in [2.24, 2.45) is 5.73 Å². The minimum atomic E-state index is -0.537. The Morgan fingerprint density at radius 1 is 1.62 bits per heavy atom. The van der Waals surface area contributed by atoms with Crippen LogP contribution < -0.4 is 11.1 Å². The Morgan fingerprint density at radius 2 is 2.25 bits per heavy atom. The fourth-order valence-corrected chi connectivity index (χ4v) is 1.30. The monoisotopic (exact) mass is 246 g/mol. The molecule has 0 saturated carbocycles. The summed E-state index contributed by atoms with van der Waals surface area (Å²) in [6.45, 7) is 5.35. The number of amides is 1. The van der Waals surface area contributed by atoms with E-state index in [9.17, 15) is 4.79 Å². The molecule has 0 radical (unpaired) electrons. The van der Waals surface area contributed by atoms with E-state index in [-0.39, 0.29) is 17.8 Å². The van der Waals surface area contributed by atoms with Crippen LogP contribution in [0.4, 0.5) is 6.01 Å². The number of carbonyl (C=O) groups is 1. The zero-order valence-electron chi connectivity index (χ0n) is 9.45. The van der Waals surface area contributed by atoms with Gasteiger partial charge in [0.2, 0.25) is 11.8 Å². The summed E-state index contributed by atoms with van der Waals surface area (Å²) in [5.41, 5.74) is 4.58. The zero-order chi connectivity index (χ0) is 12.3. The third-order valence-electron chi connectivity index (χ3n) is 1.84. The molecule has 0 spiro atoms. The lowest BCUT2D eigenvalue weighted by molar-refractivity contribution is -0.118. The summed E-state index contributed by atoms with van der Waals surface area (Å²) in [5, 5.41) is 10.1. The van der Waals surface area contributed by atoms with Gasteiger partial charge in [0.1, 0.15) is 5.38 Å². The fraction of sp³-hybridized carbons (Fsp3) is 0.667. The van der Waals surface area contributed by atoms with Crippen LogP contribution in [0.15, 0.2) is 4.42 Å². The maximum Gasteiger partial charge on any atom is 0.315 e. The minimum absolute atomic E-state index is 0.168. The van der Waals surface area contributed by atoms with Gasteiger partial charge in [-0.25, -0.2) is 0 Å². The molecule has 1 aromatic heterocycles. The molecule has 1 rings (SSSR count). The van der Waals surface area contributed by atoms with E-state index in [1.54, 1.807) is 6.92 Å². The van der Waals surface area contributed by atoms with E-state index in [4.69, 9.17) is 21.8 Å². The summed E-state index contributed by atoms with van der Waals surface area (Å²) in [6, 6.07) is 0.230. The molecule has 0 bridgehead atoms. The van der Waals surface area contributed by atoms with Crippen LogP contribution in [-0.2, 0) is 4.79 Å². The van der Waals surface area contributed by atoms with E-state index in [0.29, 0.717) is 5.89 Å². The molecular weight excluding hydrogens is 232 g/mol. The number of halogens is 1. The molecule has 90 valence electrons. The van der Waals surface area contributed by atoms with Gasteiger partial charge in [0.05, 0.1) is 0 Å². The Morgan fingerprint density at radius 3 is 2.69 bits per heavy atom. The number of rotatable bonds is 5. The van der Waals surface area contributed by atoms with Crippen molar-refractivity contribution < 1.29 is 9.21 Å². The van der Waals surface area contributed by atoms with E-state index in [2.05, 4.69) is 15.5 Å². The lowest BCUT2D eigenvalue weighted by atomic mass is 10.0. The Bertz CT molecular complexity index is 375. The number of hydrogen-bond donors (Lipinski definition) is 2. The second-order valence-corrected chi connectivity index (χ2v) is 4.87. The van der Waals surface area contributed by atoms with Gasteiger partial charge in [-0.15, -0.1) is 16.7 Å². The smallest absolute Gasteiger partial charge is 0.315 e. The van der Waals surface area contributed by atoms with E-state index in [1.165, 1.54) is 0 Å². The van der Waals surface area contributed by atoms with Gasteiger partial charge in [0, 0.05) is 12.0 Å². The van der Waals surface area contributed by atoms with E-state index < -0.39 is 11.4 Å². The van der Waals surface area contributed by atoms with Crippen molar-refractivity contribution in [1.82, 2.24) is 10.2 Å². The topological polar surface area (TPSA) is 94.0 Å². The highest BCUT2D eigenvalue weighted by Gasteiger charge is 2.23. The third kappa shape index (κ3) is 3.69. The summed E-state index contributed by atoms with van der Waals surface area (Å²) in [6.07, 6.45) is 0.168. The van der Waals surface area contributed by atoms with Crippen LogP contribution in [-0.4, -0.2) is 21.6 Å². The Labute approximate surface area is 98.5 Å². The number of nitrogens with one attached hydrogen (secondary N) is 1. The second-order valence-electron chi connectivity index (χ2n) is 4.21. The molecule has 16 heavy (non-hydrogen) atoms. The van der Waals surface area contributed by atoms with Crippen molar-refractivity contribution in [2.75, 3.05) is 5.32 Å². The van der Waals surface area contributed by atoms with Gasteiger partial charge < -0.3 is 15.5 Å². The molecule has 1 unspecified atom stereocenters. The van der Waals surface area contributed by atoms with Crippen molar-refractivity contribution in [3.05, 3.63) is 5.89 Å². The number of primary amides is 1. The molecule has 1 atom stereocenters. The average Bonchev–Trinajstić information content (AvgIpc) is 2.48. The SMILES string of the molecule is CC(Cl)c1nnc(NC(C)(C)CC(N)=O)o1. The molecule has 1 heterocycles. The molecule has 1 amide bonds. The Balaban J connectivity index is 2.68. The van der Waals surface area contributed by atoms with E-state index >= 15 is 0 Å². The minimum Gasteiger partial charge on any atom is -0.406 e. The first-order chi connectivity index (χ1) is 7.30. The molecule has 0 aromatic carbocycles. The van der Waals surface area contributed by atoms with Gasteiger partial charge in [0.15, 0.2) is 0 Å². The van der Waals surface area contributed by atoms with Crippen molar-refractivity contribution in [1.29, 1.82) is 0 Å².